The van der Waals surface area contributed by atoms with Crippen molar-refractivity contribution in [3.05, 3.63) is 46.6 Å². The number of halogens is 2. The second-order valence-electron chi connectivity index (χ2n) is 5.32. The van der Waals surface area contributed by atoms with Crippen molar-refractivity contribution < 1.29 is 21.2 Å². The number of sulfonamides is 2. The lowest BCUT2D eigenvalue weighted by atomic mass is 10.4. The van der Waals surface area contributed by atoms with Crippen molar-refractivity contribution in [2.75, 3.05) is 26.2 Å². The van der Waals surface area contributed by atoms with Crippen molar-refractivity contribution in [1.82, 2.24) is 8.61 Å². The fourth-order valence-electron chi connectivity index (χ4n) is 2.49. The Morgan fingerprint density at radius 3 is 2.04 bits per heavy atom. The standard InChI is InChI=1S/C14H14ClFN2O4S3/c15-13-4-5-14(23-13)25(21,22)18-8-6-17(7-9-18)24(19,20)12-3-1-2-11(16)10-12/h1-5,10H,6-9H2. The van der Waals surface area contributed by atoms with E-state index in [0.717, 1.165) is 27.8 Å². The normalized spacial score (nSPS) is 17.7. The van der Waals surface area contributed by atoms with E-state index in [0.29, 0.717) is 4.34 Å². The molecule has 3 rings (SSSR count). The van der Waals surface area contributed by atoms with Crippen molar-refractivity contribution in [2.45, 2.75) is 9.10 Å². The second-order valence-corrected chi connectivity index (χ2v) is 11.1. The molecule has 0 atom stereocenters. The van der Waals surface area contributed by atoms with Crippen molar-refractivity contribution in [2.24, 2.45) is 0 Å². The second kappa shape index (κ2) is 6.93. The Morgan fingerprint density at radius 1 is 0.920 bits per heavy atom. The van der Waals surface area contributed by atoms with Crippen LogP contribution in [0.2, 0.25) is 4.34 Å². The van der Waals surface area contributed by atoms with Crippen LogP contribution in [0.1, 0.15) is 0 Å². The Labute approximate surface area is 154 Å². The summed E-state index contributed by atoms with van der Waals surface area (Å²) in [6, 6.07) is 7.68. The van der Waals surface area contributed by atoms with Gasteiger partial charge in [-0.2, -0.15) is 8.61 Å². The quantitative estimate of drug-likeness (QED) is 0.754. The van der Waals surface area contributed by atoms with Gasteiger partial charge >= 0.3 is 0 Å². The van der Waals surface area contributed by atoms with Crippen LogP contribution in [0.4, 0.5) is 4.39 Å². The summed E-state index contributed by atoms with van der Waals surface area (Å²) in [4.78, 5) is -0.145. The highest BCUT2D eigenvalue weighted by molar-refractivity contribution is 7.91. The summed E-state index contributed by atoms with van der Waals surface area (Å²) >= 11 is 6.74. The third-order valence-electron chi connectivity index (χ3n) is 3.77. The summed E-state index contributed by atoms with van der Waals surface area (Å²) in [5.74, 6) is -0.642. The molecule has 0 saturated carbocycles. The van der Waals surface area contributed by atoms with Crippen LogP contribution in [0.25, 0.3) is 0 Å². The van der Waals surface area contributed by atoms with Gasteiger partial charge in [0.05, 0.1) is 9.23 Å². The van der Waals surface area contributed by atoms with Crippen LogP contribution in [-0.2, 0) is 20.0 Å². The number of hydrogen-bond acceptors (Lipinski definition) is 5. The topological polar surface area (TPSA) is 74.8 Å². The molecular formula is C14H14ClFN2O4S3. The monoisotopic (exact) mass is 424 g/mol. The summed E-state index contributed by atoms with van der Waals surface area (Å²) in [7, 11) is -7.56. The fraction of sp³-hybridized carbons (Fsp3) is 0.286. The molecule has 2 aromatic rings. The first-order valence-corrected chi connectivity index (χ1v) is 11.3. The molecule has 0 spiro atoms. The van der Waals surface area contributed by atoms with Gasteiger partial charge in [-0.1, -0.05) is 17.7 Å². The van der Waals surface area contributed by atoms with Gasteiger partial charge in [-0.15, -0.1) is 11.3 Å². The highest BCUT2D eigenvalue weighted by atomic mass is 35.5. The molecule has 1 aliphatic heterocycles. The molecule has 1 fully saturated rings. The molecule has 2 heterocycles. The van der Waals surface area contributed by atoms with E-state index in [1.807, 2.05) is 0 Å². The molecule has 0 radical (unpaired) electrons. The third-order valence-corrected chi connectivity index (χ3v) is 9.27. The number of piperazine rings is 1. The minimum absolute atomic E-state index is 0.00279. The van der Waals surface area contributed by atoms with Gasteiger partial charge in [-0.3, -0.25) is 0 Å². The predicted molar refractivity (Wildman–Crippen MR) is 93.2 cm³/mol. The van der Waals surface area contributed by atoms with E-state index >= 15 is 0 Å². The minimum Gasteiger partial charge on any atom is -0.207 e. The van der Waals surface area contributed by atoms with Crippen LogP contribution < -0.4 is 0 Å². The number of rotatable bonds is 4. The largest absolute Gasteiger partial charge is 0.252 e. The molecule has 1 aliphatic rings. The molecule has 0 aliphatic carbocycles. The zero-order valence-electron chi connectivity index (χ0n) is 12.8. The highest BCUT2D eigenvalue weighted by Crippen LogP contribution is 2.29. The van der Waals surface area contributed by atoms with Crippen LogP contribution in [0.5, 0.6) is 0 Å². The molecule has 0 unspecified atom stereocenters. The average Bonchev–Trinajstić information content (AvgIpc) is 3.02. The minimum atomic E-state index is -3.86. The zero-order valence-corrected chi connectivity index (χ0v) is 16.0. The lowest BCUT2D eigenvalue weighted by Gasteiger charge is -2.32. The molecule has 11 heteroatoms. The van der Waals surface area contributed by atoms with E-state index in [9.17, 15) is 21.2 Å². The van der Waals surface area contributed by atoms with E-state index in [-0.39, 0.29) is 35.3 Å². The molecule has 0 amide bonds. The molecule has 136 valence electrons. The first kappa shape index (κ1) is 18.7. The Bertz CT molecular complexity index is 983. The van der Waals surface area contributed by atoms with Crippen LogP contribution in [-0.4, -0.2) is 51.6 Å². The summed E-state index contributed by atoms with van der Waals surface area (Å²) < 4.78 is 66.3. The van der Waals surface area contributed by atoms with Crippen molar-refractivity contribution in [1.29, 1.82) is 0 Å². The molecule has 1 aromatic carbocycles. The molecule has 0 bridgehead atoms. The number of thiophene rings is 1. The van der Waals surface area contributed by atoms with Gasteiger partial charge < -0.3 is 0 Å². The molecular weight excluding hydrogens is 411 g/mol. The first-order chi connectivity index (χ1) is 11.7. The van der Waals surface area contributed by atoms with Gasteiger partial charge in [0.15, 0.2) is 0 Å². The van der Waals surface area contributed by atoms with Crippen LogP contribution >= 0.6 is 22.9 Å². The van der Waals surface area contributed by atoms with E-state index < -0.39 is 25.9 Å². The maximum atomic E-state index is 13.3. The molecule has 25 heavy (non-hydrogen) atoms. The van der Waals surface area contributed by atoms with Gasteiger partial charge in [0.1, 0.15) is 10.0 Å². The SMILES string of the molecule is O=S(=O)(c1cccc(F)c1)N1CCN(S(=O)(=O)c2ccc(Cl)s2)CC1. The summed E-state index contributed by atoms with van der Waals surface area (Å²) in [5, 5.41) is 0. The van der Waals surface area contributed by atoms with Crippen LogP contribution in [0.15, 0.2) is 45.5 Å². The number of hydrogen-bond donors (Lipinski definition) is 0. The Kier molecular flexibility index (Phi) is 5.20. The van der Waals surface area contributed by atoms with Crippen LogP contribution in [0, 0.1) is 5.82 Å². The van der Waals surface area contributed by atoms with Gasteiger partial charge in [-0.25, -0.2) is 21.2 Å². The summed E-state index contributed by atoms with van der Waals surface area (Å²) in [6.07, 6.45) is 0. The molecule has 6 nitrogen and oxygen atoms in total. The van der Waals surface area contributed by atoms with E-state index in [1.54, 1.807) is 0 Å². The Balaban J connectivity index is 1.76. The third kappa shape index (κ3) is 3.74. The Hall–Kier alpha value is -1.04. The van der Waals surface area contributed by atoms with E-state index in [4.69, 9.17) is 11.6 Å². The maximum absolute atomic E-state index is 13.3. The van der Waals surface area contributed by atoms with Gasteiger partial charge in [0, 0.05) is 26.2 Å². The summed E-state index contributed by atoms with van der Waals surface area (Å²) in [5.41, 5.74) is 0. The number of benzene rings is 1. The van der Waals surface area contributed by atoms with Crippen LogP contribution in [0.3, 0.4) is 0 Å². The zero-order chi connectivity index (χ0) is 18.2. The number of nitrogens with zero attached hydrogens (tertiary/aromatic N) is 2. The molecule has 1 aromatic heterocycles. The Morgan fingerprint density at radius 2 is 1.52 bits per heavy atom. The van der Waals surface area contributed by atoms with Gasteiger partial charge in [0.25, 0.3) is 10.0 Å². The maximum Gasteiger partial charge on any atom is 0.252 e. The molecule has 0 N–H and O–H groups in total. The summed E-state index contributed by atoms with van der Waals surface area (Å²) in [6.45, 7) is 0.0349. The van der Waals surface area contributed by atoms with Crippen molar-refractivity contribution in [3.63, 3.8) is 0 Å². The van der Waals surface area contributed by atoms with E-state index in [2.05, 4.69) is 0 Å². The fourth-order valence-corrected chi connectivity index (χ4v) is 7.00. The first-order valence-electron chi connectivity index (χ1n) is 7.22. The smallest absolute Gasteiger partial charge is 0.207 e. The average molecular weight is 425 g/mol. The highest BCUT2D eigenvalue weighted by Gasteiger charge is 2.34. The molecule has 1 saturated heterocycles. The van der Waals surface area contributed by atoms with Crippen molar-refractivity contribution >= 4 is 43.0 Å². The van der Waals surface area contributed by atoms with Crippen molar-refractivity contribution in [3.8, 4) is 0 Å². The van der Waals surface area contributed by atoms with Gasteiger partial charge in [-0.05, 0) is 30.3 Å². The van der Waals surface area contributed by atoms with E-state index in [1.165, 1.54) is 28.6 Å². The van der Waals surface area contributed by atoms with Gasteiger partial charge in [0.2, 0.25) is 10.0 Å². The predicted octanol–water partition coefficient (Wildman–Crippen LogP) is 2.24. The lowest BCUT2D eigenvalue weighted by molar-refractivity contribution is 0.273. The lowest BCUT2D eigenvalue weighted by Crippen LogP contribution is -2.50.